The van der Waals surface area contributed by atoms with Crippen molar-refractivity contribution in [3.63, 3.8) is 0 Å². The van der Waals surface area contributed by atoms with Crippen molar-refractivity contribution >= 4 is 45.5 Å². The SMILES string of the molecule is CC(C)(C)OC(=O)N1C[C@@H]2C[C@H]1CN2c1ccc(Nc2ncc(C(F)(F)F)[c]([Sn]([CH3])([CH3])[CH3])n2)c(C2CC2)c1. The molecule has 7 nitrogen and oxygen atoms in total. The van der Waals surface area contributed by atoms with E-state index in [1.165, 1.54) is 0 Å². The first-order valence-corrected chi connectivity index (χ1v) is 23.2. The fourth-order valence-corrected chi connectivity index (χ4v) is 9.60. The summed E-state index contributed by atoms with van der Waals surface area (Å²) in [6.45, 7) is 7.03. The molecule has 1 aliphatic carbocycles. The molecule has 1 aromatic heterocycles. The normalized spacial score (nSPS) is 21.7. The summed E-state index contributed by atoms with van der Waals surface area (Å²) < 4.78 is 46.6. The summed E-state index contributed by atoms with van der Waals surface area (Å²) in [6, 6.07) is 6.58. The van der Waals surface area contributed by atoms with Crippen molar-refractivity contribution in [3.8, 4) is 0 Å². The minimum absolute atomic E-state index is 0.125. The topological polar surface area (TPSA) is 70.6 Å². The first-order valence-electron chi connectivity index (χ1n) is 13.2. The Morgan fingerprint density at radius 3 is 2.37 bits per heavy atom. The van der Waals surface area contributed by atoms with Gasteiger partial charge in [-0.15, -0.1) is 0 Å². The number of aromatic nitrogens is 2. The molecule has 5 rings (SSSR count). The average molecular weight is 638 g/mol. The van der Waals surface area contributed by atoms with Gasteiger partial charge in [0.15, 0.2) is 0 Å². The molecule has 2 atom stereocenters. The second kappa shape index (κ2) is 9.45. The molecule has 11 heteroatoms. The number of carbonyl (C=O) groups is 1. The van der Waals surface area contributed by atoms with Crippen molar-refractivity contribution in [3.05, 3.63) is 35.5 Å². The van der Waals surface area contributed by atoms with Crippen molar-refractivity contribution in [2.45, 2.75) is 84.6 Å². The molecule has 2 saturated heterocycles. The van der Waals surface area contributed by atoms with Gasteiger partial charge in [0.1, 0.15) is 5.60 Å². The van der Waals surface area contributed by atoms with E-state index in [-0.39, 0.29) is 27.8 Å². The van der Waals surface area contributed by atoms with E-state index in [1.54, 1.807) is 0 Å². The van der Waals surface area contributed by atoms with Gasteiger partial charge in [0.05, 0.1) is 0 Å². The van der Waals surface area contributed by atoms with Gasteiger partial charge in [0.2, 0.25) is 0 Å². The maximum atomic E-state index is 13.6. The molecule has 0 radical (unpaired) electrons. The second-order valence-electron chi connectivity index (χ2n) is 12.7. The molecule has 1 saturated carbocycles. The molecule has 0 spiro atoms. The van der Waals surface area contributed by atoms with Crippen LogP contribution in [0.5, 0.6) is 0 Å². The van der Waals surface area contributed by atoms with E-state index in [0.29, 0.717) is 12.5 Å². The molecule has 3 aliphatic rings. The fraction of sp³-hybridized carbons (Fsp3) is 0.593. The predicted molar refractivity (Wildman–Crippen MR) is 144 cm³/mol. The van der Waals surface area contributed by atoms with Gasteiger partial charge in [0, 0.05) is 0 Å². The number of ether oxygens (including phenoxy) is 1. The fourth-order valence-electron chi connectivity index (χ4n) is 5.44. The third kappa shape index (κ3) is 5.69. The number of alkyl halides is 3. The van der Waals surface area contributed by atoms with Gasteiger partial charge in [-0.05, 0) is 20.8 Å². The molecule has 1 aromatic carbocycles. The summed E-state index contributed by atoms with van der Waals surface area (Å²) in [7, 11) is 0. The number of nitrogens with one attached hydrogen (secondary N) is 1. The first kappa shape index (κ1) is 27.3. The van der Waals surface area contributed by atoms with Crippen molar-refractivity contribution < 1.29 is 22.7 Å². The minimum atomic E-state index is -4.47. The summed E-state index contributed by atoms with van der Waals surface area (Å²) in [5, 5.41) is 3.24. The van der Waals surface area contributed by atoms with E-state index < -0.39 is 35.7 Å². The Bertz CT molecular complexity index is 1240. The Balaban J connectivity index is 1.36. The molecule has 2 bridgehead atoms. The Morgan fingerprint density at radius 1 is 1.11 bits per heavy atom. The zero-order chi connectivity index (χ0) is 27.6. The van der Waals surface area contributed by atoms with Crippen molar-refractivity contribution in [2.75, 3.05) is 23.3 Å². The quantitative estimate of drug-likeness (QED) is 0.414. The van der Waals surface area contributed by atoms with Crippen molar-refractivity contribution in [1.29, 1.82) is 0 Å². The van der Waals surface area contributed by atoms with Crippen molar-refractivity contribution in [2.24, 2.45) is 0 Å². The number of rotatable bonds is 5. The third-order valence-electron chi connectivity index (χ3n) is 7.30. The zero-order valence-electron chi connectivity index (χ0n) is 22.8. The van der Waals surface area contributed by atoms with Crippen LogP contribution in [0.25, 0.3) is 0 Å². The van der Waals surface area contributed by atoms with Crippen LogP contribution in [0.4, 0.5) is 35.3 Å². The molecular formula is C27H36F3N5O2Sn. The van der Waals surface area contributed by atoms with Gasteiger partial charge in [-0.25, -0.2) is 4.79 Å². The van der Waals surface area contributed by atoms with Gasteiger partial charge in [0.25, 0.3) is 0 Å². The van der Waals surface area contributed by atoms with Crippen LogP contribution in [0.15, 0.2) is 24.4 Å². The molecule has 0 unspecified atom stereocenters. The molecule has 1 amide bonds. The summed E-state index contributed by atoms with van der Waals surface area (Å²) in [5.74, 6) is 0.619. The van der Waals surface area contributed by atoms with E-state index in [9.17, 15) is 18.0 Å². The Kier molecular flexibility index (Phi) is 6.79. The van der Waals surface area contributed by atoms with Crippen LogP contribution in [0.1, 0.15) is 57.1 Å². The maximum absolute atomic E-state index is 13.6. The average Bonchev–Trinajstić information content (AvgIpc) is 3.44. The molecular weight excluding hydrogens is 602 g/mol. The van der Waals surface area contributed by atoms with Crippen LogP contribution in [-0.2, 0) is 10.9 Å². The van der Waals surface area contributed by atoms with Gasteiger partial charge in [-0.3, -0.25) is 0 Å². The molecule has 2 aromatic rings. The molecule has 3 heterocycles. The van der Waals surface area contributed by atoms with Crippen molar-refractivity contribution in [1.82, 2.24) is 14.9 Å². The Morgan fingerprint density at radius 2 is 1.82 bits per heavy atom. The number of likely N-dealkylation sites (tertiary alicyclic amines) is 1. The number of halogens is 3. The van der Waals surface area contributed by atoms with Crippen LogP contribution < -0.4 is 13.9 Å². The number of hydrogen-bond donors (Lipinski definition) is 1. The van der Waals surface area contributed by atoms with E-state index in [0.717, 1.165) is 48.9 Å². The monoisotopic (exact) mass is 639 g/mol. The summed E-state index contributed by atoms with van der Waals surface area (Å²) in [4.78, 5) is 31.1. The molecule has 3 fully saturated rings. The van der Waals surface area contributed by atoms with E-state index in [2.05, 4.69) is 26.3 Å². The second-order valence-corrected chi connectivity index (χ2v) is 26.9. The molecule has 206 valence electrons. The summed E-state index contributed by atoms with van der Waals surface area (Å²) in [5.41, 5.74) is 1.85. The molecule has 38 heavy (non-hydrogen) atoms. The van der Waals surface area contributed by atoms with E-state index in [4.69, 9.17) is 4.74 Å². The number of amides is 1. The predicted octanol–water partition coefficient (Wildman–Crippen LogP) is 5.86. The van der Waals surface area contributed by atoms with Crippen LogP contribution in [0.2, 0.25) is 14.8 Å². The van der Waals surface area contributed by atoms with Gasteiger partial charge >= 0.3 is 191 Å². The molecule has 2 aliphatic heterocycles. The van der Waals surface area contributed by atoms with E-state index in [1.807, 2.05) is 52.6 Å². The molecule has 1 N–H and O–H groups in total. The number of nitrogens with zero attached hydrogens (tertiary/aromatic N) is 4. The number of anilines is 3. The van der Waals surface area contributed by atoms with Crippen LogP contribution in [0, 0.1) is 0 Å². The van der Waals surface area contributed by atoms with Gasteiger partial charge < -0.3 is 4.74 Å². The van der Waals surface area contributed by atoms with Crippen LogP contribution >= 0.6 is 0 Å². The summed E-state index contributed by atoms with van der Waals surface area (Å²) in [6.07, 6.45) is -0.720. The van der Waals surface area contributed by atoms with Crippen LogP contribution in [-0.4, -0.2) is 70.1 Å². The standard InChI is InChI=1S/C24H27F3N5O2.3CH3.Sn/c1-23(2,3)34-22(33)32-13-17-8-18(32)12-31(17)16-6-7-20(19(9-16)14-4-5-14)30-21-28-10-15(11-29-21)24(25,26)27;;;;/h6-7,9-10,14,17-18H,4-5,8,12-13H2,1-3H3,(H,28,29,30);3*1H3;/t17-,18-;;;;/m0..../s1. The number of carbonyl (C=O) groups excluding carboxylic acids is 1. The number of piperazine rings is 1. The number of benzene rings is 1. The number of fused-ring (bicyclic) bond motifs is 2. The van der Waals surface area contributed by atoms with Gasteiger partial charge in [-0.2, -0.15) is 0 Å². The summed E-state index contributed by atoms with van der Waals surface area (Å²) >= 11 is -3.18. The number of hydrogen-bond acceptors (Lipinski definition) is 6. The van der Waals surface area contributed by atoms with Crippen LogP contribution in [0.3, 0.4) is 0 Å². The first-order chi connectivity index (χ1) is 17.6. The Labute approximate surface area is 226 Å². The van der Waals surface area contributed by atoms with E-state index >= 15 is 0 Å². The third-order valence-corrected chi connectivity index (χ3v) is 12.4. The zero-order valence-corrected chi connectivity index (χ0v) is 25.7. The van der Waals surface area contributed by atoms with Gasteiger partial charge in [-0.1, -0.05) is 0 Å². The Hall–Kier alpha value is -2.24.